The molecule has 1 fully saturated rings. The molecule has 1 unspecified atom stereocenters. The molecule has 1 atom stereocenters. The van der Waals surface area contributed by atoms with Crippen LogP contribution in [0.2, 0.25) is 0 Å². The lowest BCUT2D eigenvalue weighted by molar-refractivity contribution is 0.0921. The molecule has 1 aromatic rings. The normalized spacial score (nSPS) is 17.4. The summed E-state index contributed by atoms with van der Waals surface area (Å²) < 4.78 is 0.743. The van der Waals surface area contributed by atoms with Crippen LogP contribution in [-0.2, 0) is 0 Å². The first kappa shape index (κ1) is 14.3. The number of hydrogen-bond acceptors (Lipinski definition) is 3. The highest BCUT2D eigenvalue weighted by atomic mass is 79.9. The van der Waals surface area contributed by atoms with E-state index in [0.29, 0.717) is 18.0 Å². The monoisotopic (exact) mass is 326 g/mol. The van der Waals surface area contributed by atoms with E-state index in [1.807, 2.05) is 0 Å². The zero-order valence-electron chi connectivity index (χ0n) is 10.7. The Kier molecular flexibility index (Phi) is 4.82. The Morgan fingerprint density at radius 3 is 2.74 bits per heavy atom. The Hall–Kier alpha value is -1.07. The average Bonchev–Trinajstić information content (AvgIpc) is 2.89. The molecule has 1 aromatic carbocycles. The van der Waals surface area contributed by atoms with Crippen LogP contribution in [0.5, 0.6) is 5.75 Å². The summed E-state index contributed by atoms with van der Waals surface area (Å²) in [6.45, 7) is 0.438. The first-order valence-electron chi connectivity index (χ1n) is 6.61. The van der Waals surface area contributed by atoms with Crippen molar-refractivity contribution in [3.63, 3.8) is 0 Å². The summed E-state index contributed by atoms with van der Waals surface area (Å²) in [6.07, 6.45) is 4.66. The molecule has 1 aliphatic rings. The van der Waals surface area contributed by atoms with Gasteiger partial charge in [-0.15, -0.1) is 0 Å². The van der Waals surface area contributed by atoms with Crippen LogP contribution in [0, 0.1) is 5.92 Å². The predicted octanol–water partition coefficient (Wildman–Crippen LogP) is 2.40. The molecule has 4 N–H and O–H groups in total. The van der Waals surface area contributed by atoms with Crippen LogP contribution in [0.4, 0.5) is 0 Å². The van der Waals surface area contributed by atoms with E-state index in [9.17, 15) is 9.90 Å². The van der Waals surface area contributed by atoms with Gasteiger partial charge in [-0.25, -0.2) is 0 Å². The van der Waals surface area contributed by atoms with E-state index in [-0.39, 0.29) is 17.7 Å². The lowest BCUT2D eigenvalue weighted by Gasteiger charge is -2.23. The molecule has 1 aliphatic carbocycles. The molecule has 1 saturated carbocycles. The quantitative estimate of drug-likeness (QED) is 0.795. The molecule has 0 radical (unpaired) electrons. The minimum atomic E-state index is -0.257. The van der Waals surface area contributed by atoms with Gasteiger partial charge in [0.05, 0.1) is 5.56 Å². The molecule has 19 heavy (non-hydrogen) atoms. The molecule has 0 aromatic heterocycles. The highest BCUT2D eigenvalue weighted by Gasteiger charge is 2.26. The number of aromatic hydroxyl groups is 1. The maximum absolute atomic E-state index is 12.2. The summed E-state index contributed by atoms with van der Waals surface area (Å²) in [5.41, 5.74) is 6.05. The van der Waals surface area contributed by atoms with Crippen molar-refractivity contribution < 1.29 is 9.90 Å². The third kappa shape index (κ3) is 3.48. The Labute approximate surface area is 121 Å². The number of carbonyl (C=O) groups excluding carboxylic acids is 1. The molecule has 5 heteroatoms. The van der Waals surface area contributed by atoms with Crippen molar-refractivity contribution >= 4 is 21.8 Å². The van der Waals surface area contributed by atoms with Crippen LogP contribution in [-0.4, -0.2) is 23.6 Å². The van der Waals surface area contributed by atoms with Crippen molar-refractivity contribution in [1.29, 1.82) is 0 Å². The van der Waals surface area contributed by atoms with Gasteiger partial charge in [-0.3, -0.25) is 4.79 Å². The van der Waals surface area contributed by atoms with Gasteiger partial charge in [0.1, 0.15) is 5.75 Å². The molecular weight excluding hydrogens is 308 g/mol. The Morgan fingerprint density at radius 2 is 2.16 bits per heavy atom. The highest BCUT2D eigenvalue weighted by molar-refractivity contribution is 9.10. The van der Waals surface area contributed by atoms with Gasteiger partial charge >= 0.3 is 0 Å². The topological polar surface area (TPSA) is 75.3 Å². The molecule has 0 aliphatic heterocycles. The third-order valence-corrected chi connectivity index (χ3v) is 4.24. The molecule has 0 spiro atoms. The lowest BCUT2D eigenvalue weighted by atomic mass is 9.98. The van der Waals surface area contributed by atoms with Crippen LogP contribution >= 0.6 is 15.9 Å². The van der Waals surface area contributed by atoms with Crippen molar-refractivity contribution in [2.45, 2.75) is 31.7 Å². The van der Waals surface area contributed by atoms with Crippen LogP contribution in [0.3, 0.4) is 0 Å². The second-order valence-corrected chi connectivity index (χ2v) is 5.94. The standard InChI is InChI=1S/C14H19BrN2O2/c15-10-5-6-11(13(18)7-10)14(19)17-12(8-16)9-3-1-2-4-9/h5-7,9,12,18H,1-4,8,16H2,(H,17,19). The SMILES string of the molecule is NCC(NC(=O)c1ccc(Br)cc1O)C1CCCC1. The fourth-order valence-corrected chi connectivity index (χ4v) is 3.02. The fraction of sp³-hybridized carbons (Fsp3) is 0.500. The van der Waals surface area contributed by atoms with Gasteiger partial charge in [0.15, 0.2) is 0 Å². The fourth-order valence-electron chi connectivity index (χ4n) is 2.67. The third-order valence-electron chi connectivity index (χ3n) is 3.74. The number of halogens is 1. The number of nitrogens with two attached hydrogens (primary N) is 1. The predicted molar refractivity (Wildman–Crippen MR) is 78.1 cm³/mol. The number of amides is 1. The van der Waals surface area contributed by atoms with E-state index < -0.39 is 0 Å². The Morgan fingerprint density at radius 1 is 1.47 bits per heavy atom. The Balaban J connectivity index is 2.06. The van der Waals surface area contributed by atoms with Crippen molar-refractivity contribution in [2.24, 2.45) is 11.7 Å². The minimum Gasteiger partial charge on any atom is -0.507 e. The van der Waals surface area contributed by atoms with Gasteiger partial charge in [0.2, 0.25) is 0 Å². The first-order valence-corrected chi connectivity index (χ1v) is 7.40. The smallest absolute Gasteiger partial charge is 0.255 e. The number of benzene rings is 1. The average molecular weight is 327 g/mol. The first-order chi connectivity index (χ1) is 9.11. The van der Waals surface area contributed by atoms with E-state index in [4.69, 9.17) is 5.73 Å². The molecule has 104 valence electrons. The van der Waals surface area contributed by atoms with E-state index >= 15 is 0 Å². The van der Waals surface area contributed by atoms with Gasteiger partial charge in [-0.2, -0.15) is 0 Å². The number of carbonyl (C=O) groups is 1. The molecule has 0 heterocycles. The maximum Gasteiger partial charge on any atom is 0.255 e. The summed E-state index contributed by atoms with van der Waals surface area (Å²) >= 11 is 3.25. The van der Waals surface area contributed by atoms with Gasteiger partial charge in [-0.05, 0) is 37.0 Å². The largest absolute Gasteiger partial charge is 0.507 e. The van der Waals surface area contributed by atoms with Crippen molar-refractivity contribution in [1.82, 2.24) is 5.32 Å². The number of rotatable bonds is 4. The van der Waals surface area contributed by atoms with E-state index in [1.54, 1.807) is 12.1 Å². The highest BCUT2D eigenvalue weighted by Crippen LogP contribution is 2.28. The van der Waals surface area contributed by atoms with Gasteiger partial charge < -0.3 is 16.2 Å². The molecular formula is C14H19BrN2O2. The summed E-state index contributed by atoms with van der Waals surface area (Å²) in [6, 6.07) is 4.86. The number of phenols is 1. The van der Waals surface area contributed by atoms with Gasteiger partial charge in [-0.1, -0.05) is 28.8 Å². The van der Waals surface area contributed by atoms with E-state index in [2.05, 4.69) is 21.2 Å². The van der Waals surface area contributed by atoms with Crippen LogP contribution < -0.4 is 11.1 Å². The second-order valence-electron chi connectivity index (χ2n) is 5.02. The van der Waals surface area contributed by atoms with Crippen molar-refractivity contribution in [3.8, 4) is 5.75 Å². The minimum absolute atomic E-state index is 0.00181. The van der Waals surface area contributed by atoms with Crippen LogP contribution in [0.25, 0.3) is 0 Å². The lowest BCUT2D eigenvalue weighted by Crippen LogP contribution is -2.44. The Bertz CT molecular complexity index is 459. The number of phenolic OH excluding ortho intramolecular Hbond substituents is 1. The maximum atomic E-state index is 12.2. The summed E-state index contributed by atoms with van der Waals surface area (Å²) in [5, 5.41) is 12.7. The van der Waals surface area contributed by atoms with E-state index in [1.165, 1.54) is 18.9 Å². The second kappa shape index (κ2) is 6.39. The van der Waals surface area contributed by atoms with Crippen LogP contribution in [0.15, 0.2) is 22.7 Å². The van der Waals surface area contributed by atoms with Crippen LogP contribution in [0.1, 0.15) is 36.0 Å². The summed E-state index contributed by atoms with van der Waals surface area (Å²) in [4.78, 5) is 12.2. The molecule has 0 bridgehead atoms. The number of hydrogen-bond donors (Lipinski definition) is 3. The van der Waals surface area contributed by atoms with Gasteiger partial charge in [0.25, 0.3) is 5.91 Å². The van der Waals surface area contributed by atoms with Gasteiger partial charge in [0, 0.05) is 17.1 Å². The zero-order valence-corrected chi connectivity index (χ0v) is 12.3. The zero-order chi connectivity index (χ0) is 13.8. The summed E-state index contributed by atoms with van der Waals surface area (Å²) in [7, 11) is 0. The molecule has 2 rings (SSSR count). The molecule has 0 saturated heterocycles. The van der Waals surface area contributed by atoms with Crippen molar-refractivity contribution in [3.05, 3.63) is 28.2 Å². The molecule has 1 amide bonds. The summed E-state index contributed by atoms with van der Waals surface area (Å²) in [5.74, 6) is 0.188. The van der Waals surface area contributed by atoms with Crippen molar-refractivity contribution in [2.75, 3.05) is 6.54 Å². The molecule has 4 nitrogen and oxygen atoms in total. The number of nitrogens with one attached hydrogen (secondary N) is 1. The van der Waals surface area contributed by atoms with E-state index in [0.717, 1.165) is 17.3 Å².